The summed E-state index contributed by atoms with van der Waals surface area (Å²) in [7, 11) is 0. The van der Waals surface area contributed by atoms with Crippen molar-refractivity contribution in [3.05, 3.63) is 23.9 Å². The van der Waals surface area contributed by atoms with E-state index in [9.17, 15) is 0 Å². The highest BCUT2D eigenvalue weighted by molar-refractivity contribution is 7.80. The van der Waals surface area contributed by atoms with E-state index in [1.807, 2.05) is 6.07 Å². The summed E-state index contributed by atoms with van der Waals surface area (Å²) >= 11 is 4.76. The molecule has 0 aliphatic heterocycles. The lowest BCUT2D eigenvalue weighted by Crippen LogP contribution is -2.20. The standard InChI is InChI=1S/C10H13N3S/c11-10(14)13-9-6-8(4-5-12-9)7-2-1-3-7/h4-7H,1-3H2,(H3,11,12,13,14). The molecule has 2 rings (SSSR count). The molecular formula is C10H13N3S. The van der Waals surface area contributed by atoms with Gasteiger partial charge in [-0.25, -0.2) is 4.98 Å². The molecule has 0 radical (unpaired) electrons. The number of pyridine rings is 1. The van der Waals surface area contributed by atoms with Gasteiger partial charge in [-0.3, -0.25) is 0 Å². The van der Waals surface area contributed by atoms with E-state index in [2.05, 4.69) is 16.4 Å². The molecule has 74 valence electrons. The molecule has 1 aliphatic carbocycles. The number of nitrogens with one attached hydrogen (secondary N) is 1. The van der Waals surface area contributed by atoms with Crippen molar-refractivity contribution in [2.75, 3.05) is 5.32 Å². The van der Waals surface area contributed by atoms with Gasteiger partial charge in [-0.15, -0.1) is 0 Å². The van der Waals surface area contributed by atoms with Gasteiger partial charge in [0.2, 0.25) is 0 Å². The monoisotopic (exact) mass is 207 g/mol. The maximum atomic E-state index is 5.38. The van der Waals surface area contributed by atoms with Crippen LogP contribution in [-0.4, -0.2) is 10.1 Å². The largest absolute Gasteiger partial charge is 0.376 e. The molecule has 3 nitrogen and oxygen atoms in total. The Bertz CT molecular complexity index is 347. The number of hydrogen-bond acceptors (Lipinski definition) is 2. The molecule has 0 saturated heterocycles. The molecule has 1 aromatic heterocycles. The molecule has 0 aromatic carbocycles. The minimum Gasteiger partial charge on any atom is -0.376 e. The summed E-state index contributed by atoms with van der Waals surface area (Å²) in [6.07, 6.45) is 5.71. The fraction of sp³-hybridized carbons (Fsp3) is 0.400. The number of anilines is 1. The molecule has 1 saturated carbocycles. The first-order valence-corrected chi connectivity index (χ1v) is 5.19. The van der Waals surface area contributed by atoms with Crippen LogP contribution in [0.15, 0.2) is 18.3 Å². The smallest absolute Gasteiger partial charge is 0.169 e. The zero-order valence-corrected chi connectivity index (χ0v) is 8.68. The maximum Gasteiger partial charge on any atom is 0.169 e. The molecule has 3 N–H and O–H groups in total. The topological polar surface area (TPSA) is 50.9 Å². The summed E-state index contributed by atoms with van der Waals surface area (Å²) in [5.74, 6) is 1.46. The molecule has 1 aromatic rings. The predicted molar refractivity (Wildman–Crippen MR) is 61.2 cm³/mol. The van der Waals surface area contributed by atoms with Gasteiger partial charge in [0.15, 0.2) is 5.11 Å². The Balaban J connectivity index is 2.13. The van der Waals surface area contributed by atoms with Crippen molar-refractivity contribution in [3.63, 3.8) is 0 Å². The minimum absolute atomic E-state index is 0.267. The summed E-state index contributed by atoms with van der Waals surface area (Å²) in [5, 5.41) is 3.11. The molecule has 1 heterocycles. The van der Waals surface area contributed by atoms with E-state index in [1.165, 1.54) is 24.8 Å². The molecular weight excluding hydrogens is 194 g/mol. The van der Waals surface area contributed by atoms with Crippen LogP contribution < -0.4 is 11.1 Å². The van der Waals surface area contributed by atoms with Gasteiger partial charge in [-0.2, -0.15) is 0 Å². The highest BCUT2D eigenvalue weighted by Gasteiger charge is 2.19. The van der Waals surface area contributed by atoms with Gasteiger partial charge >= 0.3 is 0 Å². The Morgan fingerprint density at radius 2 is 2.36 bits per heavy atom. The van der Waals surface area contributed by atoms with E-state index in [0.29, 0.717) is 5.92 Å². The lowest BCUT2D eigenvalue weighted by molar-refractivity contribution is 0.419. The summed E-state index contributed by atoms with van der Waals surface area (Å²) in [5.41, 5.74) is 6.72. The van der Waals surface area contributed by atoms with Crippen molar-refractivity contribution in [3.8, 4) is 0 Å². The molecule has 14 heavy (non-hydrogen) atoms. The van der Waals surface area contributed by atoms with Gasteiger partial charge in [0.1, 0.15) is 5.82 Å². The predicted octanol–water partition coefficient (Wildman–Crippen LogP) is 2.00. The second-order valence-corrected chi connectivity index (χ2v) is 4.03. The van der Waals surface area contributed by atoms with Gasteiger partial charge in [-0.1, -0.05) is 6.42 Å². The highest BCUT2D eigenvalue weighted by atomic mass is 32.1. The van der Waals surface area contributed by atoms with Crippen molar-refractivity contribution in [2.45, 2.75) is 25.2 Å². The molecule has 1 fully saturated rings. The van der Waals surface area contributed by atoms with E-state index in [4.69, 9.17) is 18.0 Å². The van der Waals surface area contributed by atoms with E-state index < -0.39 is 0 Å². The van der Waals surface area contributed by atoms with Gasteiger partial charge in [0.25, 0.3) is 0 Å². The van der Waals surface area contributed by atoms with Crippen LogP contribution in [0.4, 0.5) is 5.82 Å². The molecule has 0 atom stereocenters. The van der Waals surface area contributed by atoms with Crippen LogP contribution in [0.25, 0.3) is 0 Å². The summed E-state index contributed by atoms with van der Waals surface area (Å²) in [6, 6.07) is 4.09. The second-order valence-electron chi connectivity index (χ2n) is 3.59. The second kappa shape index (κ2) is 3.92. The third-order valence-corrected chi connectivity index (χ3v) is 2.71. The Morgan fingerprint density at radius 1 is 1.57 bits per heavy atom. The molecule has 1 aliphatic rings. The Kier molecular flexibility index (Phi) is 2.63. The van der Waals surface area contributed by atoms with Crippen LogP contribution in [0.2, 0.25) is 0 Å². The fourth-order valence-corrected chi connectivity index (χ4v) is 1.74. The fourth-order valence-electron chi connectivity index (χ4n) is 1.64. The first-order chi connectivity index (χ1) is 6.75. The normalized spacial score (nSPS) is 16.0. The average molecular weight is 207 g/mol. The Hall–Kier alpha value is -1.16. The molecule has 4 heteroatoms. The number of aromatic nitrogens is 1. The van der Waals surface area contributed by atoms with Gasteiger partial charge in [-0.05, 0) is 48.7 Å². The third kappa shape index (κ3) is 2.01. The first-order valence-electron chi connectivity index (χ1n) is 4.78. The van der Waals surface area contributed by atoms with Gasteiger partial charge < -0.3 is 11.1 Å². The van der Waals surface area contributed by atoms with Crippen molar-refractivity contribution < 1.29 is 0 Å². The number of rotatable bonds is 2. The van der Waals surface area contributed by atoms with E-state index in [-0.39, 0.29) is 5.11 Å². The lowest BCUT2D eigenvalue weighted by atomic mass is 9.80. The van der Waals surface area contributed by atoms with Crippen LogP contribution in [-0.2, 0) is 0 Å². The maximum absolute atomic E-state index is 5.38. The summed E-state index contributed by atoms with van der Waals surface area (Å²) < 4.78 is 0. The molecule has 0 amide bonds. The molecule has 0 bridgehead atoms. The van der Waals surface area contributed by atoms with Gasteiger partial charge in [0, 0.05) is 6.20 Å². The van der Waals surface area contributed by atoms with Crippen LogP contribution in [0.3, 0.4) is 0 Å². The van der Waals surface area contributed by atoms with Crippen molar-refractivity contribution in [2.24, 2.45) is 5.73 Å². The van der Waals surface area contributed by atoms with Crippen LogP contribution in [0, 0.1) is 0 Å². The number of nitrogens with two attached hydrogens (primary N) is 1. The summed E-state index contributed by atoms with van der Waals surface area (Å²) in [4.78, 5) is 4.14. The lowest BCUT2D eigenvalue weighted by Gasteiger charge is -2.25. The number of thiocarbonyl (C=S) groups is 1. The van der Waals surface area contributed by atoms with Crippen molar-refractivity contribution >= 4 is 23.1 Å². The zero-order chi connectivity index (χ0) is 9.97. The quantitative estimate of drug-likeness (QED) is 0.728. The Morgan fingerprint density at radius 3 is 2.93 bits per heavy atom. The Labute approximate surface area is 88.7 Å². The van der Waals surface area contributed by atoms with E-state index >= 15 is 0 Å². The highest BCUT2D eigenvalue weighted by Crippen LogP contribution is 2.36. The first kappa shape index (κ1) is 9.40. The molecule has 0 spiro atoms. The van der Waals surface area contributed by atoms with Crippen LogP contribution in [0.1, 0.15) is 30.7 Å². The molecule has 0 unspecified atom stereocenters. The van der Waals surface area contributed by atoms with E-state index in [0.717, 1.165) is 5.82 Å². The average Bonchev–Trinajstić information content (AvgIpc) is 1.99. The zero-order valence-electron chi connectivity index (χ0n) is 7.86. The number of nitrogens with zero attached hydrogens (tertiary/aromatic N) is 1. The van der Waals surface area contributed by atoms with Crippen molar-refractivity contribution in [1.82, 2.24) is 4.98 Å². The van der Waals surface area contributed by atoms with E-state index in [1.54, 1.807) is 6.20 Å². The third-order valence-electron chi connectivity index (χ3n) is 2.61. The van der Waals surface area contributed by atoms with Crippen LogP contribution >= 0.6 is 12.2 Å². The van der Waals surface area contributed by atoms with Crippen molar-refractivity contribution in [1.29, 1.82) is 0 Å². The summed E-state index contributed by atoms with van der Waals surface area (Å²) in [6.45, 7) is 0. The number of hydrogen-bond donors (Lipinski definition) is 2. The van der Waals surface area contributed by atoms with Gasteiger partial charge in [0.05, 0.1) is 0 Å². The minimum atomic E-state index is 0.267. The van der Waals surface area contributed by atoms with Crippen LogP contribution in [0.5, 0.6) is 0 Å². The SMILES string of the molecule is NC(=S)Nc1cc(C2CCC2)ccn1.